The lowest BCUT2D eigenvalue weighted by atomic mass is 9.95. The first kappa shape index (κ1) is 28.9. The normalized spacial score (nSPS) is 14.2. The van der Waals surface area contributed by atoms with E-state index in [1.807, 2.05) is 0 Å². The molecule has 0 saturated carbocycles. The number of aryl methyl sites for hydroxylation is 1. The fraction of sp³-hybridized carbons (Fsp3) is 0.345. The van der Waals surface area contributed by atoms with Gasteiger partial charge in [-0.3, -0.25) is 4.79 Å². The van der Waals surface area contributed by atoms with Gasteiger partial charge in [0.1, 0.15) is 5.69 Å². The van der Waals surface area contributed by atoms with Crippen molar-refractivity contribution < 1.29 is 38.1 Å². The van der Waals surface area contributed by atoms with Crippen LogP contribution < -0.4 is 23.8 Å². The fourth-order valence-electron chi connectivity index (χ4n) is 5.47. The molecule has 3 heterocycles. The fourth-order valence-corrected chi connectivity index (χ4v) is 5.73. The van der Waals surface area contributed by atoms with Crippen molar-refractivity contribution in [1.82, 2.24) is 14.9 Å². The number of carbonyl (C=O) groups excluding carboxylic acids is 3. The number of alkyl halides is 1. The quantitative estimate of drug-likeness (QED) is 0.228. The summed E-state index contributed by atoms with van der Waals surface area (Å²) in [7, 11) is 8.92. The second-order valence-corrected chi connectivity index (χ2v) is 10.3. The zero-order valence-electron chi connectivity index (χ0n) is 24.3. The number of anilines is 1. The lowest BCUT2D eigenvalue weighted by Crippen LogP contribution is -2.30. The number of aromatic amines is 2. The monoisotopic (exact) mass is 598 g/mol. The molecule has 2 N–H and O–H groups in total. The lowest BCUT2D eigenvalue weighted by molar-refractivity contribution is 0.0602. The number of hydrogen-bond donors (Lipinski definition) is 2. The maximum Gasteiger partial charge on any atom is 0.414 e. The van der Waals surface area contributed by atoms with Gasteiger partial charge in [-0.25, -0.2) is 9.59 Å². The maximum absolute atomic E-state index is 14.1. The van der Waals surface area contributed by atoms with Gasteiger partial charge in [0.05, 0.1) is 50.7 Å². The molecular formula is C29H31ClN4O8. The van der Waals surface area contributed by atoms with Crippen LogP contribution in [0, 0.1) is 6.92 Å². The van der Waals surface area contributed by atoms with E-state index in [4.69, 9.17) is 35.3 Å². The van der Waals surface area contributed by atoms with Crippen molar-refractivity contribution in [2.45, 2.75) is 12.8 Å². The van der Waals surface area contributed by atoms with Gasteiger partial charge >= 0.3 is 12.1 Å². The summed E-state index contributed by atoms with van der Waals surface area (Å²) in [5, 5.41) is 1.17. The van der Waals surface area contributed by atoms with E-state index in [1.165, 1.54) is 33.3 Å². The summed E-state index contributed by atoms with van der Waals surface area (Å²) in [5.74, 6) is 0.276. The third-order valence-electron chi connectivity index (χ3n) is 7.38. The summed E-state index contributed by atoms with van der Waals surface area (Å²) in [6.45, 7) is 1.95. The molecule has 1 atom stereocenters. The number of aromatic nitrogens is 2. The molecule has 42 heavy (non-hydrogen) atoms. The minimum Gasteiger partial charge on any atom is -0.493 e. The van der Waals surface area contributed by atoms with Gasteiger partial charge in [0.2, 0.25) is 5.75 Å². The van der Waals surface area contributed by atoms with Gasteiger partial charge in [-0.05, 0) is 24.6 Å². The van der Waals surface area contributed by atoms with Crippen molar-refractivity contribution in [3.8, 4) is 23.0 Å². The van der Waals surface area contributed by atoms with Crippen LogP contribution in [0.5, 0.6) is 23.0 Å². The highest BCUT2D eigenvalue weighted by molar-refractivity contribution is 6.20. The van der Waals surface area contributed by atoms with Crippen molar-refractivity contribution in [3.63, 3.8) is 0 Å². The van der Waals surface area contributed by atoms with E-state index in [-0.39, 0.29) is 41.3 Å². The van der Waals surface area contributed by atoms with Gasteiger partial charge in [0.25, 0.3) is 5.91 Å². The summed E-state index contributed by atoms with van der Waals surface area (Å²) in [4.78, 5) is 48.9. The first-order chi connectivity index (χ1) is 20.1. The van der Waals surface area contributed by atoms with E-state index in [9.17, 15) is 14.4 Å². The lowest BCUT2D eigenvalue weighted by Gasteiger charge is -2.19. The highest BCUT2D eigenvalue weighted by Gasteiger charge is 2.38. The molecule has 2 amide bonds. The molecule has 0 radical (unpaired) electrons. The van der Waals surface area contributed by atoms with Gasteiger partial charge in [0.15, 0.2) is 17.2 Å². The number of benzene rings is 2. The van der Waals surface area contributed by atoms with Crippen LogP contribution in [0.4, 0.5) is 10.5 Å². The average molecular weight is 599 g/mol. The van der Waals surface area contributed by atoms with Crippen molar-refractivity contribution in [2.24, 2.45) is 0 Å². The third-order valence-corrected chi connectivity index (χ3v) is 7.76. The molecule has 4 aromatic rings. The first-order valence-electron chi connectivity index (χ1n) is 13.0. The van der Waals surface area contributed by atoms with Gasteiger partial charge in [-0.15, -0.1) is 11.6 Å². The van der Waals surface area contributed by atoms with Crippen LogP contribution in [0.15, 0.2) is 18.2 Å². The maximum atomic E-state index is 14.1. The van der Waals surface area contributed by atoms with Crippen LogP contribution in [0.25, 0.3) is 21.8 Å². The average Bonchev–Trinajstić information content (AvgIpc) is 3.67. The number of nitrogens with one attached hydrogen (secondary N) is 2. The highest BCUT2D eigenvalue weighted by atomic mass is 35.5. The van der Waals surface area contributed by atoms with Crippen LogP contribution in [0.1, 0.15) is 38.0 Å². The van der Waals surface area contributed by atoms with Crippen molar-refractivity contribution in [2.75, 3.05) is 59.9 Å². The number of ether oxygens (including phenoxy) is 5. The highest BCUT2D eigenvalue weighted by Crippen LogP contribution is 2.48. The number of carbonyl (C=O) groups is 3. The molecule has 1 aliphatic rings. The summed E-state index contributed by atoms with van der Waals surface area (Å²) >= 11 is 6.45. The molecule has 1 aliphatic heterocycles. The standard InChI is InChI=1S/C29H31ClN4O8/c1-13-20(28(36)41-7)22-21-15(11-30)12-34(17(21)10-18(24(22)31-13)42-29(37)33(2)3)27(35)16-8-14-9-19(38-4)25(39-5)26(40-6)23(14)32-16/h8-10,15,31-32H,11-12H2,1-7H3/t15-/m1/s1. The molecule has 222 valence electrons. The largest absolute Gasteiger partial charge is 0.493 e. The Morgan fingerprint density at radius 2 is 1.69 bits per heavy atom. The zero-order valence-corrected chi connectivity index (χ0v) is 25.0. The molecule has 0 spiro atoms. The second kappa shape index (κ2) is 11.0. The second-order valence-electron chi connectivity index (χ2n) is 10.00. The molecule has 0 fully saturated rings. The first-order valence-corrected chi connectivity index (χ1v) is 13.5. The number of H-pyrrole nitrogens is 2. The smallest absolute Gasteiger partial charge is 0.414 e. The summed E-state index contributed by atoms with van der Waals surface area (Å²) in [5.41, 5.74) is 3.20. The Morgan fingerprint density at radius 1 is 0.976 bits per heavy atom. The Bertz CT molecular complexity index is 1740. The van der Waals surface area contributed by atoms with E-state index >= 15 is 0 Å². The predicted octanol–water partition coefficient (Wildman–Crippen LogP) is 4.81. The summed E-state index contributed by atoms with van der Waals surface area (Å²) in [6, 6.07) is 5.06. The Balaban J connectivity index is 1.72. The van der Waals surface area contributed by atoms with Crippen LogP contribution in [0.3, 0.4) is 0 Å². The van der Waals surface area contributed by atoms with Gasteiger partial charge in [0, 0.05) is 55.0 Å². The Morgan fingerprint density at radius 3 is 2.29 bits per heavy atom. The number of halogens is 1. The summed E-state index contributed by atoms with van der Waals surface area (Å²) < 4.78 is 27.3. The minimum atomic E-state index is -0.626. The molecule has 0 saturated heterocycles. The molecule has 2 aromatic carbocycles. The van der Waals surface area contributed by atoms with Gasteiger partial charge < -0.3 is 43.5 Å². The number of methoxy groups -OCH3 is 4. The number of rotatable bonds is 7. The third kappa shape index (κ3) is 4.42. The number of amides is 2. The Hall–Kier alpha value is -4.58. The van der Waals surface area contributed by atoms with Crippen molar-refractivity contribution in [1.29, 1.82) is 0 Å². The van der Waals surface area contributed by atoms with E-state index in [1.54, 1.807) is 44.1 Å². The van der Waals surface area contributed by atoms with Crippen LogP contribution in [0.2, 0.25) is 0 Å². The van der Waals surface area contributed by atoms with Crippen molar-refractivity contribution in [3.05, 3.63) is 40.7 Å². The summed E-state index contributed by atoms with van der Waals surface area (Å²) in [6.07, 6.45) is -0.626. The molecule has 13 heteroatoms. The Labute approximate surface area is 246 Å². The van der Waals surface area contributed by atoms with E-state index < -0.39 is 12.1 Å². The Kier molecular flexibility index (Phi) is 7.58. The molecule has 5 rings (SSSR count). The van der Waals surface area contributed by atoms with E-state index in [0.29, 0.717) is 56.0 Å². The predicted molar refractivity (Wildman–Crippen MR) is 157 cm³/mol. The molecule has 0 unspecified atom stereocenters. The topological polar surface area (TPSA) is 135 Å². The number of fused-ring (bicyclic) bond motifs is 4. The number of hydrogen-bond acceptors (Lipinski definition) is 8. The molecule has 2 aromatic heterocycles. The molecule has 0 bridgehead atoms. The number of nitrogens with zero attached hydrogens (tertiary/aromatic N) is 2. The van der Waals surface area contributed by atoms with Gasteiger partial charge in [-0.1, -0.05) is 0 Å². The van der Waals surface area contributed by atoms with Crippen LogP contribution in [-0.2, 0) is 4.74 Å². The minimum absolute atomic E-state index is 0.154. The molecule has 0 aliphatic carbocycles. The molecule has 12 nitrogen and oxygen atoms in total. The SMILES string of the molecule is COC(=O)c1c(C)[nH]c2c(OC(=O)N(C)C)cc3c(c12)[C@H](CCl)CN3C(=O)c1cc2cc(OC)c(OC)c(OC)c2[nH]1. The van der Waals surface area contributed by atoms with Crippen LogP contribution >= 0.6 is 11.6 Å². The van der Waals surface area contributed by atoms with Crippen molar-refractivity contribution >= 4 is 57.1 Å². The number of esters is 1. The van der Waals surface area contributed by atoms with Crippen LogP contribution in [-0.4, -0.2) is 87.8 Å². The van der Waals surface area contributed by atoms with E-state index in [0.717, 1.165) is 0 Å². The van der Waals surface area contributed by atoms with E-state index in [2.05, 4.69) is 9.97 Å². The van der Waals surface area contributed by atoms with Gasteiger partial charge in [-0.2, -0.15) is 0 Å². The zero-order chi connectivity index (χ0) is 30.5. The molecular weight excluding hydrogens is 568 g/mol.